The molecule has 21 heavy (non-hydrogen) atoms. The smallest absolute Gasteiger partial charge is 0.390 e. The second-order valence-electron chi connectivity index (χ2n) is 4.77. The van der Waals surface area contributed by atoms with Gasteiger partial charge in [0.25, 0.3) is 0 Å². The van der Waals surface area contributed by atoms with Gasteiger partial charge in [0.2, 0.25) is 0 Å². The number of aromatic nitrogens is 2. The molecule has 1 heterocycles. The predicted molar refractivity (Wildman–Crippen MR) is 71.4 cm³/mol. The lowest BCUT2D eigenvalue weighted by Crippen LogP contribution is -2.14. The van der Waals surface area contributed by atoms with Crippen LogP contribution in [0.2, 0.25) is 0 Å². The molecule has 1 aromatic carbocycles. The minimum atomic E-state index is -4.26. The molecule has 114 valence electrons. The van der Waals surface area contributed by atoms with Crippen LogP contribution in [-0.4, -0.2) is 26.8 Å². The van der Waals surface area contributed by atoms with E-state index in [4.69, 9.17) is 5.11 Å². The van der Waals surface area contributed by atoms with E-state index in [0.717, 1.165) is 6.42 Å². The Labute approximate surface area is 119 Å². The molecule has 0 aliphatic carbocycles. The number of hydrogen-bond acceptors (Lipinski definition) is 2. The molecule has 0 aliphatic heterocycles. The van der Waals surface area contributed by atoms with Crippen LogP contribution in [0.3, 0.4) is 0 Å². The fourth-order valence-electron chi connectivity index (χ4n) is 2.27. The van der Waals surface area contributed by atoms with Crippen molar-refractivity contribution >= 4 is 17.0 Å². The zero-order valence-corrected chi connectivity index (χ0v) is 11.4. The van der Waals surface area contributed by atoms with E-state index in [-0.39, 0.29) is 17.6 Å². The van der Waals surface area contributed by atoms with Gasteiger partial charge in [-0.05, 0) is 18.6 Å². The number of fused-ring (bicyclic) bond motifs is 1. The van der Waals surface area contributed by atoms with Gasteiger partial charge in [0.05, 0.1) is 17.5 Å². The molecule has 7 heteroatoms. The quantitative estimate of drug-likeness (QED) is 0.917. The summed E-state index contributed by atoms with van der Waals surface area (Å²) in [5.41, 5.74) is 0.689. The van der Waals surface area contributed by atoms with E-state index in [1.807, 2.05) is 6.92 Å². The van der Waals surface area contributed by atoms with E-state index in [1.54, 1.807) is 6.07 Å². The lowest BCUT2D eigenvalue weighted by Gasteiger charge is -2.10. The molecule has 0 amide bonds. The van der Waals surface area contributed by atoms with Crippen molar-refractivity contribution < 1.29 is 23.1 Å². The summed E-state index contributed by atoms with van der Waals surface area (Å²) in [6.07, 6.45) is -4.00. The second-order valence-corrected chi connectivity index (χ2v) is 4.77. The fourth-order valence-corrected chi connectivity index (χ4v) is 2.27. The third-order valence-corrected chi connectivity index (χ3v) is 3.18. The fraction of sp³-hybridized carbons (Fsp3) is 0.429. The predicted octanol–water partition coefficient (Wildman–Crippen LogP) is 3.64. The van der Waals surface area contributed by atoms with E-state index in [2.05, 4.69) is 4.98 Å². The molecule has 0 atom stereocenters. The topological polar surface area (TPSA) is 55.1 Å². The number of halogens is 3. The number of imidazole rings is 1. The molecule has 1 aromatic heterocycles. The number of aromatic carboxylic acids is 1. The molecule has 0 saturated heterocycles. The molecular weight excluding hydrogens is 285 g/mol. The van der Waals surface area contributed by atoms with Gasteiger partial charge in [-0.3, -0.25) is 0 Å². The number of para-hydroxylation sites is 1. The average molecular weight is 300 g/mol. The number of carboxylic acids is 1. The van der Waals surface area contributed by atoms with Crippen molar-refractivity contribution in [3.63, 3.8) is 0 Å². The van der Waals surface area contributed by atoms with Crippen LogP contribution in [0, 0.1) is 0 Å². The second kappa shape index (κ2) is 5.75. The van der Waals surface area contributed by atoms with Gasteiger partial charge in [0, 0.05) is 13.0 Å². The van der Waals surface area contributed by atoms with Crippen molar-refractivity contribution in [1.82, 2.24) is 9.55 Å². The van der Waals surface area contributed by atoms with Crippen molar-refractivity contribution in [3.05, 3.63) is 29.6 Å². The molecule has 0 aliphatic rings. The molecule has 1 N–H and O–H groups in total. The highest BCUT2D eigenvalue weighted by molar-refractivity contribution is 6.01. The Balaban J connectivity index is 2.52. The highest BCUT2D eigenvalue weighted by Gasteiger charge is 2.28. The molecule has 2 rings (SSSR count). The summed E-state index contributed by atoms with van der Waals surface area (Å²) in [6.45, 7) is 1.64. The minimum absolute atomic E-state index is 0.00983. The van der Waals surface area contributed by atoms with Gasteiger partial charge >= 0.3 is 12.1 Å². The van der Waals surface area contributed by atoms with E-state index in [0.29, 0.717) is 17.8 Å². The summed E-state index contributed by atoms with van der Waals surface area (Å²) in [5.74, 6) is -0.644. The van der Waals surface area contributed by atoms with Gasteiger partial charge in [-0.2, -0.15) is 13.2 Å². The Morgan fingerprint density at radius 2 is 2.10 bits per heavy atom. The number of rotatable bonds is 5. The SMILES string of the molecule is CCCc1nc2c(C(=O)O)cccc2n1CCC(F)(F)F. The van der Waals surface area contributed by atoms with Gasteiger partial charge in [0.15, 0.2) is 0 Å². The minimum Gasteiger partial charge on any atom is -0.478 e. The van der Waals surface area contributed by atoms with Crippen LogP contribution in [0.15, 0.2) is 18.2 Å². The van der Waals surface area contributed by atoms with Crippen molar-refractivity contribution in [2.24, 2.45) is 0 Å². The van der Waals surface area contributed by atoms with E-state index < -0.39 is 18.6 Å². The number of nitrogens with zero attached hydrogens (tertiary/aromatic N) is 2. The van der Waals surface area contributed by atoms with Gasteiger partial charge in [0.1, 0.15) is 11.3 Å². The summed E-state index contributed by atoms with van der Waals surface area (Å²) in [5, 5.41) is 9.14. The normalized spacial score (nSPS) is 12.0. The largest absolute Gasteiger partial charge is 0.478 e. The molecule has 0 saturated carbocycles. The van der Waals surface area contributed by atoms with E-state index in [9.17, 15) is 18.0 Å². The number of carbonyl (C=O) groups is 1. The average Bonchev–Trinajstić information content (AvgIpc) is 2.73. The maximum atomic E-state index is 12.4. The van der Waals surface area contributed by atoms with Gasteiger partial charge in [-0.15, -0.1) is 0 Å². The summed E-state index contributed by atoms with van der Waals surface area (Å²) in [6, 6.07) is 4.53. The maximum Gasteiger partial charge on any atom is 0.390 e. The Hall–Kier alpha value is -2.05. The molecule has 0 bridgehead atoms. The summed E-state index contributed by atoms with van der Waals surface area (Å²) in [7, 11) is 0. The van der Waals surface area contributed by atoms with E-state index in [1.165, 1.54) is 16.7 Å². The number of carboxylic acid groups (broad SMARTS) is 1. The highest BCUT2D eigenvalue weighted by atomic mass is 19.4. The maximum absolute atomic E-state index is 12.4. The zero-order valence-electron chi connectivity index (χ0n) is 11.4. The van der Waals surface area contributed by atoms with Crippen molar-refractivity contribution in [2.75, 3.05) is 0 Å². The Morgan fingerprint density at radius 1 is 1.38 bits per heavy atom. The molecule has 2 aromatic rings. The molecule has 4 nitrogen and oxygen atoms in total. The molecule has 0 fully saturated rings. The number of alkyl halides is 3. The standard InChI is InChI=1S/C14H15F3N2O2/c1-2-4-11-18-12-9(13(20)21)5-3-6-10(12)19(11)8-7-14(15,16)17/h3,5-6H,2,4,7-8H2,1H3,(H,20,21). The summed E-state index contributed by atoms with van der Waals surface area (Å²) >= 11 is 0. The van der Waals surface area contributed by atoms with Crippen molar-refractivity contribution in [3.8, 4) is 0 Å². The van der Waals surface area contributed by atoms with Crippen LogP contribution in [0.25, 0.3) is 11.0 Å². The number of hydrogen-bond donors (Lipinski definition) is 1. The van der Waals surface area contributed by atoms with Gasteiger partial charge < -0.3 is 9.67 Å². The van der Waals surface area contributed by atoms with Crippen LogP contribution >= 0.6 is 0 Å². The number of benzene rings is 1. The van der Waals surface area contributed by atoms with Crippen LogP contribution in [-0.2, 0) is 13.0 Å². The first kappa shape index (κ1) is 15.3. The van der Waals surface area contributed by atoms with E-state index >= 15 is 0 Å². The Bertz CT molecular complexity index is 662. The van der Waals surface area contributed by atoms with Crippen molar-refractivity contribution in [2.45, 2.75) is 38.9 Å². The van der Waals surface area contributed by atoms with Crippen LogP contribution in [0.5, 0.6) is 0 Å². The third-order valence-electron chi connectivity index (χ3n) is 3.18. The number of aryl methyl sites for hydroxylation is 2. The molecule has 0 spiro atoms. The lowest BCUT2D eigenvalue weighted by atomic mass is 10.2. The third kappa shape index (κ3) is 3.34. The molecular formula is C14H15F3N2O2. The highest BCUT2D eigenvalue weighted by Crippen LogP contribution is 2.25. The summed E-state index contributed by atoms with van der Waals surface area (Å²) < 4.78 is 38.8. The van der Waals surface area contributed by atoms with Crippen molar-refractivity contribution in [1.29, 1.82) is 0 Å². The Kier molecular flexibility index (Phi) is 4.20. The van der Waals surface area contributed by atoms with Gasteiger partial charge in [-0.1, -0.05) is 13.0 Å². The van der Waals surface area contributed by atoms with Crippen LogP contribution in [0.1, 0.15) is 35.9 Å². The Morgan fingerprint density at radius 3 is 2.67 bits per heavy atom. The lowest BCUT2D eigenvalue weighted by molar-refractivity contribution is -0.136. The molecule has 0 unspecified atom stereocenters. The first-order valence-electron chi connectivity index (χ1n) is 6.61. The first-order valence-corrected chi connectivity index (χ1v) is 6.61. The summed E-state index contributed by atoms with van der Waals surface area (Å²) in [4.78, 5) is 15.4. The van der Waals surface area contributed by atoms with Crippen LogP contribution < -0.4 is 0 Å². The molecule has 0 radical (unpaired) electrons. The monoisotopic (exact) mass is 300 g/mol. The zero-order chi connectivity index (χ0) is 15.6. The van der Waals surface area contributed by atoms with Gasteiger partial charge in [-0.25, -0.2) is 9.78 Å². The van der Waals surface area contributed by atoms with Crippen LogP contribution in [0.4, 0.5) is 13.2 Å². The first-order chi connectivity index (χ1) is 9.83.